The number of nitrogens with zero attached hydrogens (tertiary/aromatic N) is 3. The number of likely N-dealkylation sites (N-methyl/N-ethyl adjacent to an activating group) is 1. The standard InChI is InChI=1S/C17H24ClN3O/c1-4-12-8-9-13-15(19-14(12)18)21-11-7-6-10-17(21,5-2)16(22)20(13)3/h9H,4-8,10-11H2,1-3H3. The van der Waals surface area contributed by atoms with Crippen LogP contribution in [0, 0.1) is 0 Å². The van der Waals surface area contributed by atoms with Crippen molar-refractivity contribution in [2.24, 2.45) is 4.99 Å². The average molecular weight is 322 g/mol. The molecule has 3 rings (SSSR count). The van der Waals surface area contributed by atoms with Gasteiger partial charge in [0.25, 0.3) is 5.91 Å². The predicted octanol–water partition coefficient (Wildman–Crippen LogP) is 3.64. The summed E-state index contributed by atoms with van der Waals surface area (Å²) >= 11 is 6.44. The van der Waals surface area contributed by atoms with Gasteiger partial charge in [0.2, 0.25) is 0 Å². The number of amides is 1. The number of fused-ring (bicyclic) bond motifs is 3. The number of carbonyl (C=O) groups excluding carboxylic acids is 1. The Kier molecular flexibility index (Phi) is 4.06. The Balaban J connectivity index is 2.15. The summed E-state index contributed by atoms with van der Waals surface area (Å²) in [5.41, 5.74) is 1.62. The second kappa shape index (κ2) is 5.73. The van der Waals surface area contributed by atoms with Crippen molar-refractivity contribution < 1.29 is 4.79 Å². The van der Waals surface area contributed by atoms with E-state index in [0.29, 0.717) is 5.16 Å². The van der Waals surface area contributed by atoms with Crippen LogP contribution < -0.4 is 0 Å². The number of piperidine rings is 1. The fourth-order valence-corrected chi connectivity index (χ4v) is 4.20. The van der Waals surface area contributed by atoms with Crippen LogP contribution in [0.3, 0.4) is 0 Å². The van der Waals surface area contributed by atoms with Crippen molar-refractivity contribution in [1.82, 2.24) is 9.80 Å². The molecule has 3 aliphatic heterocycles. The van der Waals surface area contributed by atoms with Gasteiger partial charge in [-0.2, -0.15) is 0 Å². The molecule has 0 radical (unpaired) electrons. The summed E-state index contributed by atoms with van der Waals surface area (Å²) in [6.45, 7) is 5.08. The van der Waals surface area contributed by atoms with Gasteiger partial charge in [-0.25, -0.2) is 4.99 Å². The van der Waals surface area contributed by atoms with Crippen molar-refractivity contribution in [2.45, 2.75) is 57.9 Å². The van der Waals surface area contributed by atoms with Crippen LogP contribution in [0.4, 0.5) is 0 Å². The summed E-state index contributed by atoms with van der Waals surface area (Å²) < 4.78 is 0. The van der Waals surface area contributed by atoms with Crippen molar-refractivity contribution in [3.63, 3.8) is 0 Å². The van der Waals surface area contributed by atoms with Gasteiger partial charge in [-0.3, -0.25) is 4.79 Å². The molecule has 0 aromatic carbocycles. The van der Waals surface area contributed by atoms with Crippen LogP contribution >= 0.6 is 11.6 Å². The summed E-state index contributed by atoms with van der Waals surface area (Å²) in [6.07, 6.45) is 7.68. The van der Waals surface area contributed by atoms with Crippen LogP contribution in [-0.4, -0.2) is 40.7 Å². The summed E-state index contributed by atoms with van der Waals surface area (Å²) in [6, 6.07) is 0. The van der Waals surface area contributed by atoms with Crippen molar-refractivity contribution in [2.75, 3.05) is 13.6 Å². The summed E-state index contributed by atoms with van der Waals surface area (Å²) in [7, 11) is 1.87. The van der Waals surface area contributed by atoms with Crippen LogP contribution in [0.15, 0.2) is 27.5 Å². The molecule has 2 saturated heterocycles. The molecule has 0 N–H and O–H groups in total. The van der Waals surface area contributed by atoms with Gasteiger partial charge in [0.15, 0.2) is 5.84 Å². The molecular formula is C17H24ClN3O. The van der Waals surface area contributed by atoms with Gasteiger partial charge in [0.1, 0.15) is 10.7 Å². The van der Waals surface area contributed by atoms with Gasteiger partial charge in [-0.1, -0.05) is 31.5 Å². The molecule has 0 saturated carbocycles. The fraction of sp³-hybridized carbons (Fsp3) is 0.647. The molecule has 0 aromatic heterocycles. The van der Waals surface area contributed by atoms with Gasteiger partial charge in [-0.05, 0) is 44.1 Å². The van der Waals surface area contributed by atoms with Gasteiger partial charge in [0.05, 0.1) is 5.70 Å². The van der Waals surface area contributed by atoms with E-state index in [-0.39, 0.29) is 5.91 Å². The second-order valence-electron chi connectivity index (χ2n) is 6.33. The number of aliphatic imine (C=N–C) groups is 1. The highest BCUT2D eigenvalue weighted by atomic mass is 35.5. The van der Waals surface area contributed by atoms with Crippen LogP contribution in [0.5, 0.6) is 0 Å². The van der Waals surface area contributed by atoms with E-state index in [4.69, 9.17) is 16.6 Å². The Morgan fingerprint density at radius 1 is 1.36 bits per heavy atom. The second-order valence-corrected chi connectivity index (χ2v) is 6.69. The van der Waals surface area contributed by atoms with Crippen molar-refractivity contribution in [3.8, 4) is 0 Å². The van der Waals surface area contributed by atoms with Gasteiger partial charge >= 0.3 is 0 Å². The third kappa shape index (κ3) is 2.11. The minimum atomic E-state index is -0.433. The largest absolute Gasteiger partial charge is 0.340 e. The Morgan fingerprint density at radius 2 is 2.14 bits per heavy atom. The lowest BCUT2D eigenvalue weighted by Gasteiger charge is -2.53. The Hall–Kier alpha value is -1.29. The molecule has 2 fully saturated rings. The molecule has 1 amide bonds. The van der Waals surface area contributed by atoms with E-state index in [2.05, 4.69) is 24.8 Å². The van der Waals surface area contributed by atoms with E-state index in [1.165, 1.54) is 0 Å². The molecule has 120 valence electrons. The normalized spacial score (nSPS) is 28.8. The third-order valence-corrected chi connectivity index (χ3v) is 5.69. The number of hydrogen-bond acceptors (Lipinski definition) is 3. The van der Waals surface area contributed by atoms with E-state index < -0.39 is 5.54 Å². The number of carbonyl (C=O) groups is 1. The van der Waals surface area contributed by atoms with E-state index in [9.17, 15) is 4.79 Å². The highest BCUT2D eigenvalue weighted by Gasteiger charge is 2.52. The van der Waals surface area contributed by atoms with Crippen LogP contribution in [0.2, 0.25) is 0 Å². The molecule has 5 heteroatoms. The van der Waals surface area contributed by atoms with Gasteiger partial charge in [0, 0.05) is 13.6 Å². The third-order valence-electron chi connectivity index (χ3n) is 5.34. The molecule has 22 heavy (non-hydrogen) atoms. The lowest BCUT2D eigenvalue weighted by Crippen LogP contribution is -2.67. The topological polar surface area (TPSA) is 35.9 Å². The number of amidine groups is 1. The van der Waals surface area contributed by atoms with Crippen molar-refractivity contribution >= 4 is 23.3 Å². The molecule has 1 atom stereocenters. The number of rotatable bonds is 2. The van der Waals surface area contributed by atoms with E-state index in [1.807, 2.05) is 7.05 Å². The molecular weight excluding hydrogens is 298 g/mol. The first-order chi connectivity index (χ1) is 10.5. The van der Waals surface area contributed by atoms with Crippen LogP contribution in [0.25, 0.3) is 0 Å². The highest BCUT2D eigenvalue weighted by molar-refractivity contribution is 6.31. The zero-order valence-electron chi connectivity index (χ0n) is 13.7. The van der Waals surface area contributed by atoms with E-state index in [1.54, 1.807) is 4.90 Å². The number of piperazine rings is 1. The van der Waals surface area contributed by atoms with Crippen LogP contribution in [-0.2, 0) is 4.79 Å². The smallest absolute Gasteiger partial charge is 0.252 e. The molecule has 0 aliphatic carbocycles. The van der Waals surface area contributed by atoms with Gasteiger partial charge in [-0.15, -0.1) is 0 Å². The molecule has 0 spiro atoms. The summed E-state index contributed by atoms with van der Waals surface area (Å²) in [4.78, 5) is 21.8. The molecule has 0 aromatic rings. The zero-order valence-corrected chi connectivity index (χ0v) is 14.4. The first-order valence-electron chi connectivity index (χ1n) is 8.27. The Morgan fingerprint density at radius 3 is 2.82 bits per heavy atom. The van der Waals surface area contributed by atoms with Crippen molar-refractivity contribution in [3.05, 3.63) is 22.5 Å². The average Bonchev–Trinajstić information content (AvgIpc) is 2.71. The summed E-state index contributed by atoms with van der Waals surface area (Å²) in [5.74, 6) is 1.09. The molecule has 3 aliphatic rings. The lowest BCUT2D eigenvalue weighted by atomic mass is 9.80. The number of allylic oxidation sites excluding steroid dienone is 2. The Labute approximate surface area is 137 Å². The molecule has 0 bridgehead atoms. The molecule has 1 unspecified atom stereocenters. The maximum absolute atomic E-state index is 13.1. The fourth-order valence-electron chi connectivity index (χ4n) is 3.91. The molecule has 3 heterocycles. The summed E-state index contributed by atoms with van der Waals surface area (Å²) in [5, 5.41) is 0.599. The zero-order chi connectivity index (χ0) is 15.9. The van der Waals surface area contributed by atoms with Crippen molar-refractivity contribution in [1.29, 1.82) is 0 Å². The predicted molar refractivity (Wildman–Crippen MR) is 89.7 cm³/mol. The maximum atomic E-state index is 13.1. The SMILES string of the molecule is CCC1=C(Cl)N=C2C(=CC1)N(C)C(=O)C1(CC)CCCCN21. The van der Waals surface area contributed by atoms with Crippen LogP contribution in [0.1, 0.15) is 52.4 Å². The minimum Gasteiger partial charge on any atom is -0.340 e. The number of halogens is 1. The monoisotopic (exact) mass is 321 g/mol. The maximum Gasteiger partial charge on any atom is 0.252 e. The van der Waals surface area contributed by atoms with E-state index in [0.717, 1.165) is 62.2 Å². The first kappa shape index (κ1) is 15.6. The van der Waals surface area contributed by atoms with E-state index >= 15 is 0 Å². The van der Waals surface area contributed by atoms with Gasteiger partial charge < -0.3 is 9.80 Å². The quantitative estimate of drug-likeness (QED) is 0.728. The lowest BCUT2D eigenvalue weighted by molar-refractivity contribution is -0.143. The highest BCUT2D eigenvalue weighted by Crippen LogP contribution is 2.40. The first-order valence-corrected chi connectivity index (χ1v) is 8.65. The molecule has 4 nitrogen and oxygen atoms in total. The number of hydrogen-bond donors (Lipinski definition) is 0. The minimum absolute atomic E-state index is 0.205. The Bertz CT molecular complexity index is 593.